The van der Waals surface area contributed by atoms with Gasteiger partial charge in [0.05, 0.1) is 5.56 Å². The Bertz CT molecular complexity index is 1180. The summed E-state index contributed by atoms with van der Waals surface area (Å²) in [4.78, 5) is 28.4. The molecular formula is C26H24F3N3O3. The van der Waals surface area contributed by atoms with Crippen LogP contribution in [0.25, 0.3) is 0 Å². The second-order valence-corrected chi connectivity index (χ2v) is 8.14. The largest absolute Gasteiger partial charge is 0.444 e. The smallest absolute Gasteiger partial charge is 0.416 e. The molecule has 0 spiro atoms. The summed E-state index contributed by atoms with van der Waals surface area (Å²) in [6.45, 7) is 1.10. The van der Waals surface area contributed by atoms with Crippen LogP contribution in [0.3, 0.4) is 0 Å². The van der Waals surface area contributed by atoms with Crippen molar-refractivity contribution in [3.05, 3.63) is 95.6 Å². The highest BCUT2D eigenvalue weighted by atomic mass is 19.4. The number of urea groups is 1. The van der Waals surface area contributed by atoms with Gasteiger partial charge >= 0.3 is 18.3 Å². The van der Waals surface area contributed by atoms with Crippen molar-refractivity contribution in [2.24, 2.45) is 0 Å². The molecule has 0 aliphatic carbocycles. The average molecular weight is 483 g/mol. The van der Waals surface area contributed by atoms with Gasteiger partial charge in [0.15, 0.2) is 0 Å². The highest BCUT2D eigenvalue weighted by Gasteiger charge is 2.31. The standard InChI is InChI=1S/C26H24F3N3O3/c27-26(28,29)21-10-4-9-20(15-21)17-31-13-6-14-32(25(31)34)23-12-5-11-22(16-23)30-24(33)35-18-19-7-2-1-3-8-19/h1-5,7-12,15-16H,6,13-14,17-18H2,(H,30,33). The fourth-order valence-corrected chi connectivity index (χ4v) is 3.86. The van der Waals surface area contributed by atoms with E-state index in [2.05, 4.69) is 5.32 Å². The molecule has 4 rings (SSSR count). The van der Waals surface area contributed by atoms with E-state index in [0.29, 0.717) is 36.4 Å². The third-order valence-corrected chi connectivity index (χ3v) is 5.56. The lowest BCUT2D eigenvalue weighted by Crippen LogP contribution is -2.49. The zero-order valence-corrected chi connectivity index (χ0v) is 18.8. The van der Waals surface area contributed by atoms with Crippen LogP contribution in [0.5, 0.6) is 0 Å². The summed E-state index contributed by atoms with van der Waals surface area (Å²) >= 11 is 0. The maximum atomic E-state index is 13.1. The molecule has 1 saturated heterocycles. The summed E-state index contributed by atoms with van der Waals surface area (Å²) in [5.41, 5.74) is 1.56. The van der Waals surface area contributed by atoms with E-state index in [9.17, 15) is 22.8 Å². The number of ether oxygens (including phenoxy) is 1. The van der Waals surface area contributed by atoms with E-state index >= 15 is 0 Å². The van der Waals surface area contributed by atoms with Crippen molar-refractivity contribution >= 4 is 23.5 Å². The second-order valence-electron chi connectivity index (χ2n) is 8.14. The number of rotatable bonds is 6. The van der Waals surface area contributed by atoms with Crippen molar-refractivity contribution in [3.8, 4) is 0 Å². The first kappa shape index (κ1) is 24.1. The first-order valence-corrected chi connectivity index (χ1v) is 11.1. The van der Waals surface area contributed by atoms with Crippen LogP contribution in [0.4, 0.5) is 34.1 Å². The zero-order chi connectivity index (χ0) is 24.8. The maximum Gasteiger partial charge on any atom is 0.416 e. The van der Waals surface area contributed by atoms with Gasteiger partial charge in [-0.3, -0.25) is 10.2 Å². The van der Waals surface area contributed by atoms with Gasteiger partial charge in [-0.05, 0) is 47.9 Å². The molecule has 0 radical (unpaired) electrons. The summed E-state index contributed by atoms with van der Waals surface area (Å²) in [6.07, 6.45) is -4.41. The number of carbonyl (C=O) groups is 2. The summed E-state index contributed by atoms with van der Waals surface area (Å²) in [5.74, 6) is 0. The number of alkyl halides is 3. The topological polar surface area (TPSA) is 61.9 Å². The molecule has 3 amide bonds. The Morgan fingerprint density at radius 3 is 2.43 bits per heavy atom. The lowest BCUT2D eigenvalue weighted by molar-refractivity contribution is -0.137. The molecular weight excluding hydrogens is 459 g/mol. The van der Waals surface area contributed by atoms with E-state index < -0.39 is 17.8 Å². The van der Waals surface area contributed by atoms with Crippen molar-refractivity contribution in [3.63, 3.8) is 0 Å². The Morgan fingerprint density at radius 2 is 1.66 bits per heavy atom. The lowest BCUT2D eigenvalue weighted by Gasteiger charge is -2.36. The molecule has 1 N–H and O–H groups in total. The Balaban J connectivity index is 1.40. The van der Waals surface area contributed by atoms with Crippen LogP contribution in [-0.2, 0) is 24.1 Å². The number of nitrogens with zero attached hydrogens (tertiary/aromatic N) is 2. The molecule has 6 nitrogen and oxygen atoms in total. The van der Waals surface area contributed by atoms with Crippen molar-refractivity contribution in [1.82, 2.24) is 4.90 Å². The molecule has 0 unspecified atom stereocenters. The number of carbonyl (C=O) groups excluding carboxylic acids is 2. The molecule has 0 bridgehead atoms. The highest BCUT2D eigenvalue weighted by Crippen LogP contribution is 2.30. The third kappa shape index (κ3) is 6.32. The molecule has 0 atom stereocenters. The fraction of sp³-hybridized carbons (Fsp3) is 0.231. The summed E-state index contributed by atoms with van der Waals surface area (Å²) in [5, 5.41) is 2.66. The van der Waals surface area contributed by atoms with Crippen LogP contribution >= 0.6 is 0 Å². The van der Waals surface area contributed by atoms with E-state index in [-0.39, 0.29) is 19.2 Å². The van der Waals surface area contributed by atoms with Gasteiger partial charge in [-0.1, -0.05) is 48.5 Å². The normalized spacial score (nSPS) is 14.1. The van der Waals surface area contributed by atoms with Crippen molar-refractivity contribution < 1.29 is 27.5 Å². The molecule has 0 aromatic heterocycles. The fourth-order valence-electron chi connectivity index (χ4n) is 3.86. The molecule has 1 fully saturated rings. The predicted molar refractivity (Wildman–Crippen MR) is 126 cm³/mol. The first-order chi connectivity index (χ1) is 16.8. The van der Waals surface area contributed by atoms with E-state index in [0.717, 1.165) is 17.7 Å². The first-order valence-electron chi connectivity index (χ1n) is 11.1. The van der Waals surface area contributed by atoms with Crippen LogP contribution < -0.4 is 10.2 Å². The van der Waals surface area contributed by atoms with Crippen LogP contribution in [0.2, 0.25) is 0 Å². The second kappa shape index (κ2) is 10.5. The Kier molecular flexibility index (Phi) is 7.24. The van der Waals surface area contributed by atoms with Gasteiger partial charge in [-0.25, -0.2) is 9.59 Å². The van der Waals surface area contributed by atoms with Crippen molar-refractivity contribution in [2.75, 3.05) is 23.3 Å². The van der Waals surface area contributed by atoms with Gasteiger partial charge in [-0.15, -0.1) is 0 Å². The molecule has 0 saturated carbocycles. The molecule has 1 aliphatic rings. The van der Waals surface area contributed by atoms with Crippen molar-refractivity contribution in [1.29, 1.82) is 0 Å². The van der Waals surface area contributed by atoms with Crippen LogP contribution in [0, 0.1) is 0 Å². The quantitative estimate of drug-likeness (QED) is 0.449. The van der Waals surface area contributed by atoms with Crippen LogP contribution in [-0.4, -0.2) is 30.1 Å². The third-order valence-electron chi connectivity index (χ3n) is 5.56. The van der Waals surface area contributed by atoms with Gasteiger partial charge in [0.2, 0.25) is 0 Å². The molecule has 9 heteroatoms. The van der Waals surface area contributed by atoms with E-state index in [1.165, 1.54) is 11.0 Å². The molecule has 182 valence electrons. The number of amides is 3. The van der Waals surface area contributed by atoms with Crippen LogP contribution in [0.1, 0.15) is 23.1 Å². The Labute approximate surface area is 200 Å². The van der Waals surface area contributed by atoms with Crippen molar-refractivity contribution in [2.45, 2.75) is 25.7 Å². The van der Waals surface area contributed by atoms with E-state index in [1.54, 1.807) is 35.2 Å². The number of nitrogens with one attached hydrogen (secondary N) is 1. The molecule has 3 aromatic carbocycles. The number of hydrogen-bond donors (Lipinski definition) is 1. The summed E-state index contributed by atoms with van der Waals surface area (Å²) < 4.78 is 44.4. The van der Waals surface area contributed by atoms with E-state index in [1.807, 2.05) is 30.3 Å². The maximum absolute atomic E-state index is 13.1. The predicted octanol–water partition coefficient (Wildman–Crippen LogP) is 6.29. The zero-order valence-electron chi connectivity index (χ0n) is 18.8. The minimum absolute atomic E-state index is 0.0724. The van der Waals surface area contributed by atoms with Gasteiger partial charge < -0.3 is 9.64 Å². The van der Waals surface area contributed by atoms with Crippen LogP contribution in [0.15, 0.2) is 78.9 Å². The Morgan fingerprint density at radius 1 is 0.914 bits per heavy atom. The number of halogens is 3. The van der Waals surface area contributed by atoms with Gasteiger partial charge in [0.1, 0.15) is 6.61 Å². The number of anilines is 2. The Hall–Kier alpha value is -4.01. The SMILES string of the molecule is O=C(Nc1cccc(N2CCCN(Cc3cccc(C(F)(F)F)c3)C2=O)c1)OCc1ccccc1. The molecule has 1 aliphatic heterocycles. The molecule has 1 heterocycles. The number of hydrogen-bond acceptors (Lipinski definition) is 3. The van der Waals surface area contributed by atoms with Gasteiger partial charge in [-0.2, -0.15) is 13.2 Å². The minimum atomic E-state index is -4.44. The molecule has 3 aromatic rings. The van der Waals surface area contributed by atoms with Gasteiger partial charge in [0, 0.05) is 31.0 Å². The highest BCUT2D eigenvalue weighted by molar-refractivity contribution is 5.94. The van der Waals surface area contributed by atoms with E-state index in [4.69, 9.17) is 4.74 Å². The molecule has 35 heavy (non-hydrogen) atoms. The van der Waals surface area contributed by atoms with Gasteiger partial charge in [0.25, 0.3) is 0 Å². The minimum Gasteiger partial charge on any atom is -0.444 e. The monoisotopic (exact) mass is 483 g/mol. The lowest BCUT2D eigenvalue weighted by atomic mass is 10.1. The average Bonchev–Trinajstić information content (AvgIpc) is 2.84. The summed E-state index contributed by atoms with van der Waals surface area (Å²) in [6, 6.07) is 20.8. The number of benzene rings is 3. The summed E-state index contributed by atoms with van der Waals surface area (Å²) in [7, 11) is 0.